The van der Waals surface area contributed by atoms with E-state index in [1.54, 1.807) is 36.4 Å². The first-order chi connectivity index (χ1) is 16.7. The molecule has 3 aromatic rings. The Kier molecular flexibility index (Phi) is 7.19. The molecule has 2 amide bonds. The Morgan fingerprint density at radius 3 is 2.23 bits per heavy atom. The van der Waals surface area contributed by atoms with Crippen molar-refractivity contribution in [2.75, 3.05) is 0 Å². The van der Waals surface area contributed by atoms with E-state index in [0.29, 0.717) is 17.1 Å². The number of urea groups is 1. The minimum atomic E-state index is -4.77. The van der Waals surface area contributed by atoms with Crippen molar-refractivity contribution in [2.45, 2.75) is 49.9 Å². The fraction of sp³-hybridized carbons (Fsp3) is 0.296. The molecule has 35 heavy (non-hydrogen) atoms. The number of benzene rings is 3. The van der Waals surface area contributed by atoms with E-state index >= 15 is 0 Å². The summed E-state index contributed by atoms with van der Waals surface area (Å²) in [5.41, 5.74) is -1.13. The Bertz CT molecular complexity index is 1180. The summed E-state index contributed by atoms with van der Waals surface area (Å²) < 4.78 is 55.7. The van der Waals surface area contributed by atoms with Gasteiger partial charge in [-0.05, 0) is 47.7 Å². The van der Waals surface area contributed by atoms with Crippen LogP contribution in [0.3, 0.4) is 0 Å². The van der Waals surface area contributed by atoms with E-state index in [4.69, 9.17) is 7.85 Å². The minimum Gasteiger partial charge on any atom is -0.335 e. The second-order valence-electron chi connectivity index (χ2n) is 9.00. The molecule has 1 fully saturated rings. The summed E-state index contributed by atoms with van der Waals surface area (Å²) in [4.78, 5) is 13.2. The monoisotopic (exact) mass is 480 g/mol. The Labute approximate surface area is 203 Å². The molecule has 8 heteroatoms. The van der Waals surface area contributed by atoms with Gasteiger partial charge in [0.05, 0.1) is 11.1 Å². The first kappa shape index (κ1) is 24.8. The van der Waals surface area contributed by atoms with Crippen LogP contribution in [-0.4, -0.2) is 19.9 Å². The summed E-state index contributed by atoms with van der Waals surface area (Å²) in [7, 11) is 6.04. The minimum absolute atomic E-state index is 0.0245. The van der Waals surface area contributed by atoms with Crippen LogP contribution in [0.25, 0.3) is 0 Å². The fourth-order valence-corrected chi connectivity index (χ4v) is 4.75. The fourth-order valence-electron chi connectivity index (χ4n) is 4.75. The molecule has 2 N–H and O–H groups in total. The van der Waals surface area contributed by atoms with Gasteiger partial charge in [-0.15, -0.1) is 0 Å². The molecule has 0 aromatic heterocycles. The largest absolute Gasteiger partial charge is 0.416 e. The lowest BCUT2D eigenvalue weighted by atomic mass is 9.76. The van der Waals surface area contributed by atoms with Gasteiger partial charge in [-0.3, -0.25) is 0 Å². The molecular weight excluding hydrogens is 455 g/mol. The highest BCUT2D eigenvalue weighted by atomic mass is 19.4. The highest BCUT2D eigenvalue weighted by molar-refractivity contribution is 6.32. The normalized spacial score (nSPS) is 16.0. The van der Waals surface area contributed by atoms with E-state index in [-0.39, 0.29) is 18.0 Å². The molecule has 2 radical (unpaired) electrons. The first-order valence-corrected chi connectivity index (χ1v) is 11.5. The van der Waals surface area contributed by atoms with Crippen LogP contribution in [-0.2, 0) is 18.1 Å². The van der Waals surface area contributed by atoms with Crippen LogP contribution in [0.5, 0.6) is 0 Å². The van der Waals surface area contributed by atoms with Crippen LogP contribution in [0.1, 0.15) is 47.9 Å². The molecule has 0 unspecified atom stereocenters. The highest BCUT2D eigenvalue weighted by Crippen LogP contribution is 2.38. The average molecular weight is 480 g/mol. The summed E-state index contributed by atoms with van der Waals surface area (Å²) >= 11 is 0. The number of halogens is 4. The molecule has 3 nitrogen and oxygen atoms in total. The molecule has 180 valence electrons. The number of carbonyl (C=O) groups is 1. The van der Waals surface area contributed by atoms with Crippen LogP contribution < -0.4 is 16.1 Å². The number of alkyl halides is 3. The van der Waals surface area contributed by atoms with Gasteiger partial charge in [0.25, 0.3) is 0 Å². The zero-order valence-electron chi connectivity index (χ0n) is 19.0. The van der Waals surface area contributed by atoms with Gasteiger partial charge in [0.15, 0.2) is 0 Å². The summed E-state index contributed by atoms with van der Waals surface area (Å²) in [5, 5.41) is 5.87. The molecule has 3 aromatic carbocycles. The van der Waals surface area contributed by atoms with Gasteiger partial charge in [0.2, 0.25) is 0 Å². The molecule has 4 rings (SSSR count). The Morgan fingerprint density at radius 2 is 1.57 bits per heavy atom. The van der Waals surface area contributed by atoms with Crippen molar-refractivity contribution in [3.63, 3.8) is 0 Å². The lowest BCUT2D eigenvalue weighted by Gasteiger charge is -2.37. The first-order valence-electron chi connectivity index (χ1n) is 11.5. The van der Waals surface area contributed by atoms with Crippen molar-refractivity contribution in [2.24, 2.45) is 0 Å². The standard InChI is InChI=1S/C27H25BF4N2O/c28-22-10-6-9-19(14-22)26(17-18-7-2-1-3-8-18,34-25(35)33-24-11-4-5-12-24)20-13-21(27(30,31)32)16-23(29)15-20/h1-3,6-10,13-16,24H,4-5,11-12,17H2,(H2,33,34,35)/t26-/m0/s1. The highest BCUT2D eigenvalue weighted by Gasteiger charge is 2.40. The van der Waals surface area contributed by atoms with Gasteiger partial charge in [-0.1, -0.05) is 72.9 Å². The summed E-state index contributed by atoms with van der Waals surface area (Å²) in [6, 6.07) is 17.4. The number of hydrogen-bond acceptors (Lipinski definition) is 1. The third kappa shape index (κ3) is 5.86. The molecule has 0 heterocycles. The number of nitrogens with one attached hydrogen (secondary N) is 2. The van der Waals surface area contributed by atoms with Crippen molar-refractivity contribution >= 4 is 19.3 Å². The van der Waals surface area contributed by atoms with Crippen molar-refractivity contribution in [3.8, 4) is 0 Å². The van der Waals surface area contributed by atoms with Gasteiger partial charge in [0.1, 0.15) is 13.7 Å². The van der Waals surface area contributed by atoms with Gasteiger partial charge < -0.3 is 10.6 Å². The van der Waals surface area contributed by atoms with Crippen molar-refractivity contribution in [1.82, 2.24) is 10.6 Å². The molecular formula is C27H25BF4N2O. The van der Waals surface area contributed by atoms with Gasteiger partial charge in [0, 0.05) is 12.5 Å². The Morgan fingerprint density at radius 1 is 0.886 bits per heavy atom. The summed E-state index contributed by atoms with van der Waals surface area (Å²) in [6.45, 7) is 0. The number of amides is 2. The van der Waals surface area contributed by atoms with E-state index in [0.717, 1.165) is 43.4 Å². The van der Waals surface area contributed by atoms with E-state index in [2.05, 4.69) is 10.6 Å². The molecule has 0 aliphatic heterocycles. The van der Waals surface area contributed by atoms with Crippen LogP contribution in [0.15, 0.2) is 72.8 Å². The number of rotatable bonds is 6. The summed E-state index contributed by atoms with van der Waals surface area (Å²) in [6.07, 6.45) is -1.04. The van der Waals surface area contributed by atoms with Gasteiger partial charge >= 0.3 is 12.2 Å². The molecule has 1 aliphatic carbocycles. The lowest BCUT2D eigenvalue weighted by molar-refractivity contribution is -0.137. The molecule has 1 atom stereocenters. The van der Waals surface area contributed by atoms with E-state index in [1.807, 2.05) is 18.2 Å². The smallest absolute Gasteiger partial charge is 0.335 e. The van der Waals surface area contributed by atoms with Crippen LogP contribution in [0, 0.1) is 5.82 Å². The average Bonchev–Trinajstić information content (AvgIpc) is 3.31. The number of hydrogen-bond donors (Lipinski definition) is 2. The molecule has 1 aliphatic rings. The topological polar surface area (TPSA) is 41.1 Å². The molecule has 1 saturated carbocycles. The Balaban J connectivity index is 1.90. The Hall–Kier alpha value is -3.29. The third-order valence-electron chi connectivity index (χ3n) is 6.43. The second-order valence-corrected chi connectivity index (χ2v) is 9.00. The van der Waals surface area contributed by atoms with Gasteiger partial charge in [-0.25, -0.2) is 9.18 Å². The zero-order chi connectivity index (χ0) is 25.1. The predicted molar refractivity (Wildman–Crippen MR) is 128 cm³/mol. The SMILES string of the molecule is [B]c1cccc([C@](Cc2ccccc2)(NC(=O)NC2CCCC2)c2cc(F)cc(C(F)(F)F)c2)c1. The van der Waals surface area contributed by atoms with Crippen molar-refractivity contribution < 1.29 is 22.4 Å². The molecule has 0 spiro atoms. The maximum atomic E-state index is 14.6. The summed E-state index contributed by atoms with van der Waals surface area (Å²) in [5.74, 6) is -1.05. The van der Waals surface area contributed by atoms with E-state index in [9.17, 15) is 22.4 Å². The van der Waals surface area contributed by atoms with Crippen molar-refractivity contribution in [3.05, 3.63) is 101 Å². The quantitative estimate of drug-likeness (QED) is 0.362. The molecule has 0 saturated heterocycles. The molecule has 0 bridgehead atoms. The van der Waals surface area contributed by atoms with Crippen molar-refractivity contribution in [1.29, 1.82) is 0 Å². The van der Waals surface area contributed by atoms with Crippen LogP contribution in [0.4, 0.5) is 22.4 Å². The predicted octanol–water partition coefficient (Wildman–Crippen LogP) is 5.37. The van der Waals surface area contributed by atoms with E-state index < -0.39 is 29.1 Å². The maximum Gasteiger partial charge on any atom is 0.416 e. The maximum absolute atomic E-state index is 14.6. The number of carbonyl (C=O) groups excluding carboxylic acids is 1. The third-order valence-corrected chi connectivity index (χ3v) is 6.43. The zero-order valence-corrected chi connectivity index (χ0v) is 19.0. The van der Waals surface area contributed by atoms with Gasteiger partial charge in [-0.2, -0.15) is 13.2 Å². The van der Waals surface area contributed by atoms with E-state index in [1.165, 1.54) is 0 Å². The second kappa shape index (κ2) is 10.1. The van der Waals surface area contributed by atoms with Crippen LogP contribution in [0.2, 0.25) is 0 Å². The van der Waals surface area contributed by atoms with Crippen LogP contribution >= 0.6 is 0 Å². The lowest BCUT2D eigenvalue weighted by Crippen LogP contribution is -2.54.